The lowest BCUT2D eigenvalue weighted by Crippen LogP contribution is -2.30. The summed E-state index contributed by atoms with van der Waals surface area (Å²) in [5.41, 5.74) is 0. The Bertz CT molecular complexity index is 929. The number of carbonyl (C=O) groups excluding carboxylic acids is 3. The molecule has 0 aromatic heterocycles. The van der Waals surface area contributed by atoms with Crippen molar-refractivity contribution in [2.24, 2.45) is 17.8 Å². The van der Waals surface area contributed by atoms with Gasteiger partial charge in [0.1, 0.15) is 13.2 Å². The molecule has 0 aliphatic carbocycles. The molecule has 6 heteroatoms. The lowest BCUT2D eigenvalue weighted by atomic mass is 10.0. The third-order valence-electron chi connectivity index (χ3n) is 12.1. The van der Waals surface area contributed by atoms with Crippen LogP contribution in [0.4, 0.5) is 0 Å². The quantitative estimate of drug-likeness (QED) is 0.0345. The van der Waals surface area contributed by atoms with Gasteiger partial charge in [0.15, 0.2) is 6.10 Å². The van der Waals surface area contributed by atoms with Crippen molar-refractivity contribution in [2.75, 3.05) is 13.2 Å². The molecule has 0 aliphatic heterocycles. The monoisotopic (exact) mass is 849 g/mol. The van der Waals surface area contributed by atoms with Gasteiger partial charge >= 0.3 is 17.9 Å². The molecule has 0 fully saturated rings. The third kappa shape index (κ3) is 47.5. The lowest BCUT2D eigenvalue weighted by Gasteiger charge is -2.18. The normalized spacial score (nSPS) is 12.2. The number of hydrogen-bond donors (Lipinski definition) is 0. The predicted molar refractivity (Wildman–Crippen MR) is 256 cm³/mol. The van der Waals surface area contributed by atoms with Gasteiger partial charge in [0, 0.05) is 19.3 Å². The Labute approximate surface area is 374 Å². The summed E-state index contributed by atoms with van der Waals surface area (Å²) in [5, 5.41) is 0. The van der Waals surface area contributed by atoms with E-state index in [9.17, 15) is 14.4 Å². The number of hydrogen-bond acceptors (Lipinski definition) is 6. The Morgan fingerprint density at radius 1 is 0.283 bits per heavy atom. The van der Waals surface area contributed by atoms with Crippen molar-refractivity contribution in [1.82, 2.24) is 0 Å². The first-order chi connectivity index (χ1) is 29.1. The van der Waals surface area contributed by atoms with Crippen LogP contribution in [0.3, 0.4) is 0 Å². The van der Waals surface area contributed by atoms with Crippen molar-refractivity contribution in [3.05, 3.63) is 0 Å². The highest BCUT2D eigenvalue weighted by Crippen LogP contribution is 2.18. The van der Waals surface area contributed by atoms with Gasteiger partial charge in [0.2, 0.25) is 0 Å². The summed E-state index contributed by atoms with van der Waals surface area (Å²) < 4.78 is 16.8. The Morgan fingerprint density at radius 2 is 0.483 bits per heavy atom. The third-order valence-corrected chi connectivity index (χ3v) is 12.1. The van der Waals surface area contributed by atoms with Gasteiger partial charge in [-0.3, -0.25) is 14.4 Å². The summed E-state index contributed by atoms with van der Waals surface area (Å²) in [7, 11) is 0. The minimum absolute atomic E-state index is 0.0648. The van der Waals surface area contributed by atoms with Crippen LogP contribution in [0.2, 0.25) is 0 Å². The predicted octanol–water partition coefficient (Wildman–Crippen LogP) is 17.2. The molecule has 6 nitrogen and oxygen atoms in total. The smallest absolute Gasteiger partial charge is 0.306 e. The van der Waals surface area contributed by atoms with E-state index in [-0.39, 0.29) is 31.1 Å². The first-order valence-electron chi connectivity index (χ1n) is 26.6. The topological polar surface area (TPSA) is 78.9 Å². The van der Waals surface area contributed by atoms with Crippen molar-refractivity contribution in [3.8, 4) is 0 Å². The molecule has 60 heavy (non-hydrogen) atoms. The maximum absolute atomic E-state index is 12.8. The van der Waals surface area contributed by atoms with Crippen LogP contribution in [0, 0.1) is 17.8 Å². The van der Waals surface area contributed by atoms with E-state index >= 15 is 0 Å². The highest BCUT2D eigenvalue weighted by molar-refractivity contribution is 5.71. The van der Waals surface area contributed by atoms with Gasteiger partial charge in [-0.1, -0.05) is 253 Å². The minimum Gasteiger partial charge on any atom is -0.462 e. The summed E-state index contributed by atoms with van der Waals surface area (Å²) >= 11 is 0. The van der Waals surface area contributed by atoms with Gasteiger partial charge in [-0.15, -0.1) is 0 Å². The van der Waals surface area contributed by atoms with E-state index < -0.39 is 6.10 Å². The van der Waals surface area contributed by atoms with Gasteiger partial charge in [-0.25, -0.2) is 0 Å². The number of unbranched alkanes of at least 4 members (excludes halogenated alkanes) is 30. The zero-order valence-corrected chi connectivity index (χ0v) is 41.3. The van der Waals surface area contributed by atoms with Crippen molar-refractivity contribution >= 4 is 17.9 Å². The van der Waals surface area contributed by atoms with E-state index in [1.807, 2.05) is 0 Å². The molecule has 356 valence electrons. The van der Waals surface area contributed by atoms with Gasteiger partial charge in [0.25, 0.3) is 0 Å². The van der Waals surface area contributed by atoms with Gasteiger partial charge in [-0.2, -0.15) is 0 Å². The molecule has 0 saturated heterocycles. The van der Waals surface area contributed by atoms with E-state index in [2.05, 4.69) is 41.5 Å². The van der Waals surface area contributed by atoms with E-state index in [0.717, 1.165) is 75.5 Å². The zero-order valence-electron chi connectivity index (χ0n) is 41.3. The second-order valence-corrected chi connectivity index (χ2v) is 19.9. The molecule has 0 aromatic carbocycles. The molecule has 0 saturated carbocycles. The fraction of sp³-hybridized carbons (Fsp3) is 0.944. The molecular formula is C54H104O6. The van der Waals surface area contributed by atoms with E-state index in [1.165, 1.54) is 173 Å². The molecule has 0 rings (SSSR count). The van der Waals surface area contributed by atoms with E-state index in [0.29, 0.717) is 19.3 Å². The fourth-order valence-corrected chi connectivity index (χ4v) is 8.12. The molecule has 0 heterocycles. The van der Waals surface area contributed by atoms with Crippen molar-refractivity contribution in [2.45, 2.75) is 298 Å². The molecule has 1 atom stereocenters. The molecule has 0 bridgehead atoms. The lowest BCUT2D eigenvalue weighted by molar-refractivity contribution is -0.167. The average Bonchev–Trinajstić information content (AvgIpc) is 3.20. The average molecular weight is 849 g/mol. The van der Waals surface area contributed by atoms with Crippen molar-refractivity contribution in [3.63, 3.8) is 0 Å². The Balaban J connectivity index is 4.28. The molecule has 0 radical (unpaired) electrons. The molecule has 0 amide bonds. The summed E-state index contributed by atoms with van der Waals surface area (Å²) in [6, 6.07) is 0. The fourth-order valence-electron chi connectivity index (χ4n) is 8.12. The number of rotatable bonds is 47. The van der Waals surface area contributed by atoms with E-state index in [4.69, 9.17) is 14.2 Å². The van der Waals surface area contributed by atoms with Gasteiger partial charge < -0.3 is 14.2 Å². The molecular weight excluding hydrogens is 745 g/mol. The highest BCUT2D eigenvalue weighted by atomic mass is 16.6. The Hall–Kier alpha value is -1.59. The molecule has 0 aliphatic rings. The van der Waals surface area contributed by atoms with Crippen LogP contribution < -0.4 is 0 Å². The summed E-state index contributed by atoms with van der Waals surface area (Å²) in [6.45, 7) is 13.7. The van der Waals surface area contributed by atoms with Crippen LogP contribution >= 0.6 is 0 Å². The van der Waals surface area contributed by atoms with Gasteiger partial charge in [-0.05, 0) is 37.0 Å². The van der Waals surface area contributed by atoms with Crippen LogP contribution in [0.25, 0.3) is 0 Å². The molecule has 0 N–H and O–H groups in total. The maximum atomic E-state index is 12.8. The highest BCUT2D eigenvalue weighted by Gasteiger charge is 2.19. The first-order valence-corrected chi connectivity index (χ1v) is 26.6. The molecule has 0 unspecified atom stereocenters. The largest absolute Gasteiger partial charge is 0.462 e. The van der Waals surface area contributed by atoms with Gasteiger partial charge in [0.05, 0.1) is 0 Å². The Morgan fingerprint density at radius 3 is 0.717 bits per heavy atom. The van der Waals surface area contributed by atoms with Crippen LogP contribution in [-0.4, -0.2) is 37.2 Å². The van der Waals surface area contributed by atoms with Crippen molar-refractivity contribution in [1.29, 1.82) is 0 Å². The first kappa shape index (κ1) is 58.4. The number of ether oxygens (including phenoxy) is 3. The summed E-state index contributed by atoms with van der Waals surface area (Å²) in [5.74, 6) is 1.61. The molecule has 0 spiro atoms. The van der Waals surface area contributed by atoms with Crippen LogP contribution in [0.5, 0.6) is 0 Å². The summed E-state index contributed by atoms with van der Waals surface area (Å²) in [6.07, 6.45) is 45.3. The second kappa shape index (κ2) is 45.4. The maximum Gasteiger partial charge on any atom is 0.306 e. The van der Waals surface area contributed by atoms with Crippen LogP contribution in [0.15, 0.2) is 0 Å². The minimum atomic E-state index is -0.763. The standard InChI is InChI=1S/C54H104O6/c1-48(2)40-34-28-22-17-13-9-7-8-10-16-20-26-33-39-45-54(57)60-51(47-59-53(56)44-38-32-27-21-24-30-36-42-50(5)6)46-58-52(55)43-37-31-25-19-15-12-11-14-18-23-29-35-41-49(3)4/h48-51H,7-47H2,1-6H3/t51-/m0/s1. The number of carbonyl (C=O) groups is 3. The summed E-state index contributed by atoms with van der Waals surface area (Å²) in [4.78, 5) is 38.0. The zero-order chi connectivity index (χ0) is 44.2. The SMILES string of the molecule is CC(C)CCCCCCCCCCCCCCCCC(=O)O[C@@H](COC(=O)CCCCCCCCCCCCCCC(C)C)COC(=O)CCCCCCCCCC(C)C. The van der Waals surface area contributed by atoms with Crippen LogP contribution in [0.1, 0.15) is 292 Å². The van der Waals surface area contributed by atoms with E-state index in [1.54, 1.807) is 0 Å². The van der Waals surface area contributed by atoms with Crippen molar-refractivity contribution < 1.29 is 28.6 Å². The molecule has 0 aromatic rings. The second-order valence-electron chi connectivity index (χ2n) is 19.9. The van der Waals surface area contributed by atoms with Crippen LogP contribution in [-0.2, 0) is 28.6 Å². The Kier molecular flexibility index (Phi) is 44.2. The number of esters is 3.